The Balaban J connectivity index is 1.43. The molecule has 3 aromatic carbocycles. The molecule has 1 fully saturated rings. The molecule has 2 atom stereocenters. The second-order valence-corrected chi connectivity index (χ2v) is 12.5. The average Bonchev–Trinajstić information content (AvgIpc) is 3.27. The van der Waals surface area contributed by atoms with Crippen molar-refractivity contribution in [1.29, 1.82) is 0 Å². The molecule has 9 heteroatoms. The summed E-state index contributed by atoms with van der Waals surface area (Å²) in [6, 6.07) is 28.9. The lowest BCUT2D eigenvalue weighted by Gasteiger charge is -2.24. The van der Waals surface area contributed by atoms with Gasteiger partial charge in [-0.25, -0.2) is 8.42 Å². The van der Waals surface area contributed by atoms with Crippen LogP contribution in [0.25, 0.3) is 10.4 Å². The van der Waals surface area contributed by atoms with Crippen LogP contribution in [0.2, 0.25) is 5.02 Å². The minimum absolute atomic E-state index is 0.0390. The monoisotopic (exact) mass is 553 g/mol. The quantitative estimate of drug-likeness (QED) is 0.262. The van der Waals surface area contributed by atoms with Gasteiger partial charge in [-0.2, -0.15) is 4.72 Å². The van der Waals surface area contributed by atoms with Gasteiger partial charge in [-0.1, -0.05) is 84.4 Å². The molecule has 0 spiro atoms. The van der Waals surface area contributed by atoms with Crippen molar-refractivity contribution in [3.63, 3.8) is 0 Å². The van der Waals surface area contributed by atoms with Crippen LogP contribution in [0, 0.1) is 0 Å². The number of halogens is 1. The molecular formula is C28H24ClNO5S2. The van der Waals surface area contributed by atoms with Crippen LogP contribution in [0.5, 0.6) is 0 Å². The molecule has 5 rings (SSSR count). The first-order chi connectivity index (χ1) is 17.8. The van der Waals surface area contributed by atoms with E-state index in [0.717, 1.165) is 27.3 Å². The zero-order valence-electron chi connectivity index (χ0n) is 19.6. The van der Waals surface area contributed by atoms with Crippen molar-refractivity contribution in [2.45, 2.75) is 28.2 Å². The highest BCUT2D eigenvalue weighted by atomic mass is 35.5. The van der Waals surface area contributed by atoms with Crippen LogP contribution in [0.15, 0.2) is 101 Å². The molecule has 0 amide bonds. The van der Waals surface area contributed by atoms with Crippen LogP contribution in [0.3, 0.4) is 0 Å². The Labute approximate surface area is 224 Å². The van der Waals surface area contributed by atoms with Gasteiger partial charge < -0.3 is 9.84 Å². The summed E-state index contributed by atoms with van der Waals surface area (Å²) in [5.74, 6) is -1.24. The maximum absolute atomic E-state index is 13.5. The molecule has 0 aliphatic heterocycles. The van der Waals surface area contributed by atoms with Crippen LogP contribution in [0.1, 0.15) is 17.5 Å². The third-order valence-electron chi connectivity index (χ3n) is 6.69. The molecule has 1 aliphatic rings. The predicted molar refractivity (Wildman–Crippen MR) is 144 cm³/mol. The van der Waals surface area contributed by atoms with Crippen LogP contribution < -0.4 is 4.72 Å². The van der Waals surface area contributed by atoms with Gasteiger partial charge in [0.1, 0.15) is 9.75 Å². The molecule has 4 aromatic rings. The third-order valence-corrected chi connectivity index (χ3v) is 10.1. The fraction of sp³-hybridized carbons (Fsp3) is 0.179. The molecule has 1 aliphatic carbocycles. The van der Waals surface area contributed by atoms with E-state index < -0.39 is 26.9 Å². The van der Waals surface area contributed by atoms with Gasteiger partial charge in [0.05, 0.1) is 18.6 Å². The lowest BCUT2D eigenvalue weighted by atomic mass is 9.91. The van der Waals surface area contributed by atoms with Gasteiger partial charge in [-0.05, 0) is 47.4 Å². The topological polar surface area (TPSA) is 92.7 Å². The van der Waals surface area contributed by atoms with Gasteiger partial charge in [0, 0.05) is 9.90 Å². The number of sulfonamides is 1. The largest absolute Gasteiger partial charge is 0.480 e. The zero-order chi connectivity index (χ0) is 26.1. The van der Waals surface area contributed by atoms with Crippen molar-refractivity contribution in [3.8, 4) is 10.4 Å². The predicted octanol–water partition coefficient (Wildman–Crippen LogP) is 5.73. The van der Waals surface area contributed by atoms with Gasteiger partial charge in [-0.3, -0.25) is 4.79 Å². The summed E-state index contributed by atoms with van der Waals surface area (Å²) in [5, 5.41) is 10.9. The van der Waals surface area contributed by atoms with Gasteiger partial charge in [0.2, 0.25) is 0 Å². The SMILES string of the molecule is O=C(O)C1(NS(=O)(=O)c2ccc(-c3ccc(Cl)cc3)s2)CC1(COCc1ccccc1)c1ccccc1. The molecule has 190 valence electrons. The molecule has 2 unspecified atom stereocenters. The van der Waals surface area contributed by atoms with Crippen molar-refractivity contribution >= 4 is 38.9 Å². The Morgan fingerprint density at radius 2 is 1.59 bits per heavy atom. The molecule has 2 N–H and O–H groups in total. The number of thiophene rings is 1. The Hall–Kier alpha value is -3.01. The van der Waals surface area contributed by atoms with Gasteiger partial charge in [0.15, 0.2) is 0 Å². The summed E-state index contributed by atoms with van der Waals surface area (Å²) in [4.78, 5) is 13.4. The summed E-state index contributed by atoms with van der Waals surface area (Å²) in [6.45, 7) is 0.328. The lowest BCUT2D eigenvalue weighted by Crippen LogP contribution is -2.49. The lowest BCUT2D eigenvalue weighted by molar-refractivity contribution is -0.141. The van der Waals surface area contributed by atoms with Crippen molar-refractivity contribution < 1.29 is 23.1 Å². The second kappa shape index (κ2) is 10.0. The Morgan fingerprint density at radius 3 is 2.24 bits per heavy atom. The molecule has 1 saturated carbocycles. The Bertz CT molecular complexity index is 1510. The minimum atomic E-state index is -4.15. The molecule has 0 bridgehead atoms. The van der Waals surface area contributed by atoms with Gasteiger partial charge in [0.25, 0.3) is 10.0 Å². The zero-order valence-corrected chi connectivity index (χ0v) is 22.0. The van der Waals surface area contributed by atoms with E-state index in [-0.39, 0.29) is 23.8 Å². The van der Waals surface area contributed by atoms with Crippen LogP contribution in [-0.4, -0.2) is 31.6 Å². The normalized spacial score (nSPS) is 21.0. The summed E-state index contributed by atoms with van der Waals surface area (Å²) in [6.07, 6.45) is 0.0722. The number of hydrogen-bond donors (Lipinski definition) is 2. The number of carboxylic acids is 1. The van der Waals surface area contributed by atoms with Crippen molar-refractivity contribution in [2.75, 3.05) is 6.61 Å². The molecule has 1 heterocycles. The van der Waals surface area contributed by atoms with E-state index in [0.29, 0.717) is 10.6 Å². The summed E-state index contributed by atoms with van der Waals surface area (Å²) in [5.41, 5.74) is -0.322. The third kappa shape index (κ3) is 4.95. The Morgan fingerprint density at radius 1 is 0.946 bits per heavy atom. The van der Waals surface area contributed by atoms with Gasteiger partial charge in [-0.15, -0.1) is 11.3 Å². The number of aliphatic carboxylic acids is 1. The highest BCUT2D eigenvalue weighted by Crippen LogP contribution is 2.59. The standard InChI is InChI=1S/C28H24ClNO5S2/c29-23-13-11-21(12-14-23)24-15-16-25(36-24)37(33,34)30-28(26(31)32)18-27(28,22-9-5-2-6-10-22)19-35-17-20-7-3-1-4-8-20/h1-16,30H,17-19H2,(H,31,32). The van der Waals surface area contributed by atoms with Crippen LogP contribution in [-0.2, 0) is 31.6 Å². The number of ether oxygens (including phenoxy) is 1. The number of nitrogens with one attached hydrogen (secondary N) is 1. The van der Waals surface area contributed by atoms with E-state index in [9.17, 15) is 18.3 Å². The molecule has 0 saturated heterocycles. The van der Waals surface area contributed by atoms with E-state index >= 15 is 0 Å². The molecular weight excluding hydrogens is 530 g/mol. The molecule has 0 radical (unpaired) electrons. The number of carboxylic acid groups (broad SMARTS) is 1. The van der Waals surface area contributed by atoms with E-state index in [1.165, 1.54) is 6.07 Å². The van der Waals surface area contributed by atoms with E-state index in [1.807, 2.05) is 72.8 Å². The Kier molecular flexibility index (Phi) is 6.95. The van der Waals surface area contributed by atoms with Gasteiger partial charge >= 0.3 is 5.97 Å². The van der Waals surface area contributed by atoms with E-state index in [2.05, 4.69) is 4.72 Å². The number of carbonyl (C=O) groups is 1. The maximum atomic E-state index is 13.5. The molecule has 6 nitrogen and oxygen atoms in total. The minimum Gasteiger partial charge on any atom is -0.480 e. The first-order valence-electron chi connectivity index (χ1n) is 11.6. The molecule has 37 heavy (non-hydrogen) atoms. The number of benzene rings is 3. The number of rotatable bonds is 10. The highest BCUT2D eigenvalue weighted by molar-refractivity contribution is 7.91. The maximum Gasteiger partial charge on any atom is 0.325 e. The smallest absolute Gasteiger partial charge is 0.325 e. The van der Waals surface area contributed by atoms with Crippen molar-refractivity contribution in [1.82, 2.24) is 4.72 Å². The van der Waals surface area contributed by atoms with Crippen molar-refractivity contribution in [3.05, 3.63) is 113 Å². The fourth-order valence-corrected chi connectivity index (χ4v) is 7.52. The number of hydrogen-bond acceptors (Lipinski definition) is 5. The average molecular weight is 554 g/mol. The molecule has 1 aromatic heterocycles. The highest BCUT2D eigenvalue weighted by Gasteiger charge is 2.75. The first kappa shape index (κ1) is 25.6. The van der Waals surface area contributed by atoms with E-state index in [1.54, 1.807) is 18.2 Å². The van der Waals surface area contributed by atoms with Crippen LogP contribution in [0.4, 0.5) is 0 Å². The summed E-state index contributed by atoms with van der Waals surface area (Å²) < 4.78 is 35.5. The van der Waals surface area contributed by atoms with Crippen molar-refractivity contribution in [2.24, 2.45) is 0 Å². The second-order valence-electron chi connectivity index (χ2n) is 9.04. The summed E-state index contributed by atoms with van der Waals surface area (Å²) >= 11 is 7.04. The fourth-order valence-electron chi connectivity index (χ4n) is 4.66. The summed E-state index contributed by atoms with van der Waals surface area (Å²) in [7, 11) is -4.15. The van der Waals surface area contributed by atoms with E-state index in [4.69, 9.17) is 16.3 Å². The first-order valence-corrected chi connectivity index (χ1v) is 14.2. The van der Waals surface area contributed by atoms with Crippen LogP contribution >= 0.6 is 22.9 Å².